The smallest absolute Gasteiger partial charge is 0.236 e. The number of carbonyl (C=O) groups excluding carboxylic acids is 1. The lowest BCUT2D eigenvalue weighted by Gasteiger charge is -2.21. The van der Waals surface area contributed by atoms with Crippen LogP contribution in [0.25, 0.3) is 0 Å². The largest absolute Gasteiger partial charge is 0.354 e. The average molecular weight is 317 g/mol. The lowest BCUT2D eigenvalue weighted by molar-refractivity contribution is -0.123. The van der Waals surface area contributed by atoms with Gasteiger partial charge in [0.2, 0.25) is 5.91 Å². The van der Waals surface area contributed by atoms with E-state index in [4.69, 9.17) is 23.2 Å². The number of carbonyl (C=O) groups is 1. The van der Waals surface area contributed by atoms with Gasteiger partial charge >= 0.3 is 0 Å². The molecule has 2 atom stereocenters. The van der Waals surface area contributed by atoms with Crippen molar-refractivity contribution < 1.29 is 4.79 Å². The topological polar surface area (TPSA) is 41.1 Å². The number of amides is 1. The molecule has 0 spiro atoms. The van der Waals surface area contributed by atoms with Crippen LogP contribution in [-0.2, 0) is 4.79 Å². The van der Waals surface area contributed by atoms with Crippen molar-refractivity contribution in [3.8, 4) is 0 Å². The lowest BCUT2D eigenvalue weighted by atomic mass is 10.1. The van der Waals surface area contributed by atoms with E-state index in [9.17, 15) is 4.79 Å². The monoisotopic (exact) mass is 316 g/mol. The molecule has 1 rings (SSSR count). The van der Waals surface area contributed by atoms with Crippen LogP contribution in [0.1, 0.15) is 39.3 Å². The Balaban J connectivity index is 2.60. The Hall–Kier alpha value is -0.770. The second-order valence-corrected chi connectivity index (χ2v) is 6.26. The molecule has 0 fully saturated rings. The van der Waals surface area contributed by atoms with E-state index in [1.54, 1.807) is 12.1 Å². The SMILES string of the molecule is CC(C)CNC(=O)C(C)NC(C)c1ccc(Cl)cc1Cl. The maximum Gasteiger partial charge on any atom is 0.236 e. The minimum atomic E-state index is -0.282. The molecule has 0 saturated carbocycles. The summed E-state index contributed by atoms with van der Waals surface area (Å²) in [6.07, 6.45) is 0. The fourth-order valence-corrected chi connectivity index (χ4v) is 2.42. The first-order valence-corrected chi connectivity index (χ1v) is 7.55. The maximum atomic E-state index is 11.9. The van der Waals surface area contributed by atoms with E-state index in [-0.39, 0.29) is 18.0 Å². The van der Waals surface area contributed by atoms with Crippen LogP contribution in [0.2, 0.25) is 10.0 Å². The normalized spacial score (nSPS) is 14.2. The summed E-state index contributed by atoms with van der Waals surface area (Å²) >= 11 is 12.0. The molecule has 112 valence electrons. The van der Waals surface area contributed by atoms with Gasteiger partial charge in [-0.05, 0) is 37.5 Å². The van der Waals surface area contributed by atoms with Crippen LogP contribution < -0.4 is 10.6 Å². The van der Waals surface area contributed by atoms with Gasteiger partial charge in [0.1, 0.15) is 0 Å². The first-order chi connectivity index (χ1) is 9.31. The number of hydrogen-bond acceptors (Lipinski definition) is 2. The van der Waals surface area contributed by atoms with Crippen molar-refractivity contribution in [3.05, 3.63) is 33.8 Å². The highest BCUT2D eigenvalue weighted by molar-refractivity contribution is 6.35. The van der Waals surface area contributed by atoms with Crippen LogP contribution >= 0.6 is 23.2 Å². The molecule has 1 aromatic rings. The third-order valence-corrected chi connectivity index (χ3v) is 3.57. The third kappa shape index (κ3) is 5.31. The summed E-state index contributed by atoms with van der Waals surface area (Å²) in [6, 6.07) is 5.07. The summed E-state index contributed by atoms with van der Waals surface area (Å²) in [5.41, 5.74) is 0.930. The molecule has 20 heavy (non-hydrogen) atoms. The zero-order valence-electron chi connectivity index (χ0n) is 12.3. The van der Waals surface area contributed by atoms with Gasteiger partial charge in [0.25, 0.3) is 0 Å². The minimum absolute atomic E-state index is 0.00404. The number of rotatable bonds is 6. The van der Waals surface area contributed by atoms with E-state index in [1.807, 2.05) is 19.9 Å². The Bertz CT molecular complexity index is 463. The van der Waals surface area contributed by atoms with Crippen LogP contribution in [0.4, 0.5) is 0 Å². The summed E-state index contributed by atoms with van der Waals surface area (Å²) in [5.74, 6) is 0.435. The van der Waals surface area contributed by atoms with Crippen LogP contribution in [0.3, 0.4) is 0 Å². The second-order valence-electron chi connectivity index (χ2n) is 5.41. The molecule has 5 heteroatoms. The van der Waals surface area contributed by atoms with Gasteiger partial charge in [-0.15, -0.1) is 0 Å². The van der Waals surface area contributed by atoms with Crippen molar-refractivity contribution in [3.63, 3.8) is 0 Å². The van der Waals surface area contributed by atoms with E-state index in [1.165, 1.54) is 0 Å². The molecule has 0 heterocycles. The van der Waals surface area contributed by atoms with Gasteiger partial charge in [0.05, 0.1) is 6.04 Å². The number of nitrogens with one attached hydrogen (secondary N) is 2. The van der Waals surface area contributed by atoms with Crippen molar-refractivity contribution >= 4 is 29.1 Å². The van der Waals surface area contributed by atoms with Crippen LogP contribution in [0.15, 0.2) is 18.2 Å². The quantitative estimate of drug-likeness (QED) is 0.838. The minimum Gasteiger partial charge on any atom is -0.354 e. The highest BCUT2D eigenvalue weighted by atomic mass is 35.5. The molecule has 1 aromatic carbocycles. The molecule has 0 bridgehead atoms. The summed E-state index contributed by atoms with van der Waals surface area (Å²) < 4.78 is 0. The van der Waals surface area contributed by atoms with Gasteiger partial charge in [-0.1, -0.05) is 43.1 Å². The fraction of sp³-hybridized carbons (Fsp3) is 0.533. The molecule has 0 aromatic heterocycles. The van der Waals surface area contributed by atoms with Crippen LogP contribution in [0, 0.1) is 5.92 Å². The molecule has 0 aliphatic carbocycles. The average Bonchev–Trinajstić information content (AvgIpc) is 2.35. The molecule has 3 nitrogen and oxygen atoms in total. The molecule has 0 saturated heterocycles. The molecule has 0 radical (unpaired) electrons. The first-order valence-electron chi connectivity index (χ1n) is 6.80. The van der Waals surface area contributed by atoms with Crippen molar-refractivity contribution in [1.29, 1.82) is 0 Å². The van der Waals surface area contributed by atoms with E-state index in [2.05, 4.69) is 24.5 Å². The molecular weight excluding hydrogens is 295 g/mol. The van der Waals surface area contributed by atoms with Gasteiger partial charge in [0.15, 0.2) is 0 Å². The van der Waals surface area contributed by atoms with E-state index in [0.29, 0.717) is 22.5 Å². The fourth-order valence-electron chi connectivity index (χ4n) is 1.85. The van der Waals surface area contributed by atoms with Crippen molar-refractivity contribution in [2.75, 3.05) is 6.54 Å². The van der Waals surface area contributed by atoms with E-state index in [0.717, 1.165) is 5.56 Å². The van der Waals surface area contributed by atoms with Crippen molar-refractivity contribution in [2.24, 2.45) is 5.92 Å². The van der Waals surface area contributed by atoms with Gasteiger partial charge in [-0.3, -0.25) is 10.1 Å². The Morgan fingerprint density at radius 1 is 1.20 bits per heavy atom. The molecule has 0 aliphatic heterocycles. The molecule has 2 unspecified atom stereocenters. The number of halogens is 2. The zero-order chi connectivity index (χ0) is 15.3. The highest BCUT2D eigenvalue weighted by Gasteiger charge is 2.17. The molecule has 0 aliphatic rings. The van der Waals surface area contributed by atoms with Crippen LogP contribution in [0.5, 0.6) is 0 Å². The van der Waals surface area contributed by atoms with Gasteiger partial charge in [-0.2, -0.15) is 0 Å². The lowest BCUT2D eigenvalue weighted by Crippen LogP contribution is -2.44. The zero-order valence-corrected chi connectivity index (χ0v) is 13.8. The van der Waals surface area contributed by atoms with E-state index >= 15 is 0 Å². The predicted octanol–water partition coefficient (Wildman–Crippen LogP) is 3.80. The third-order valence-electron chi connectivity index (χ3n) is 3.01. The van der Waals surface area contributed by atoms with E-state index < -0.39 is 0 Å². The highest BCUT2D eigenvalue weighted by Crippen LogP contribution is 2.26. The molecule has 1 amide bonds. The predicted molar refractivity (Wildman–Crippen MR) is 85.3 cm³/mol. The van der Waals surface area contributed by atoms with Crippen molar-refractivity contribution in [1.82, 2.24) is 10.6 Å². The summed E-state index contributed by atoms with van der Waals surface area (Å²) in [4.78, 5) is 11.9. The maximum absolute atomic E-state index is 11.9. The van der Waals surface area contributed by atoms with Gasteiger partial charge < -0.3 is 5.32 Å². The van der Waals surface area contributed by atoms with Gasteiger partial charge in [0, 0.05) is 22.6 Å². The Morgan fingerprint density at radius 3 is 2.40 bits per heavy atom. The summed E-state index contributed by atoms with van der Waals surface area (Å²) in [7, 11) is 0. The molecular formula is C15H22Cl2N2O. The summed E-state index contributed by atoms with van der Waals surface area (Å²) in [6.45, 7) is 8.63. The van der Waals surface area contributed by atoms with Crippen LogP contribution in [-0.4, -0.2) is 18.5 Å². The van der Waals surface area contributed by atoms with Crippen molar-refractivity contribution in [2.45, 2.75) is 39.8 Å². The Morgan fingerprint density at radius 2 is 1.85 bits per heavy atom. The number of benzene rings is 1. The van der Waals surface area contributed by atoms with Gasteiger partial charge in [-0.25, -0.2) is 0 Å². The second kappa shape index (κ2) is 7.87. The standard InChI is InChI=1S/C15H22Cl2N2O/c1-9(2)8-18-15(20)11(4)19-10(3)13-6-5-12(16)7-14(13)17/h5-7,9-11,19H,8H2,1-4H3,(H,18,20). The Kier molecular flexibility index (Phi) is 6.80. The molecule has 2 N–H and O–H groups in total. The summed E-state index contributed by atoms with van der Waals surface area (Å²) in [5, 5.41) is 7.36. The first kappa shape index (κ1) is 17.3. The number of hydrogen-bond donors (Lipinski definition) is 2. The Labute approximate surface area is 131 Å².